The fourth-order valence-corrected chi connectivity index (χ4v) is 5.81. The quantitative estimate of drug-likeness (QED) is 0.418. The Morgan fingerprint density at radius 3 is 2.44 bits per heavy atom. The molecule has 184 valence electrons. The zero-order valence-electron chi connectivity index (χ0n) is 19.6. The maximum absolute atomic E-state index is 13.1. The van der Waals surface area contributed by atoms with Gasteiger partial charge < -0.3 is 14.7 Å². The Labute approximate surface area is 211 Å². The van der Waals surface area contributed by atoms with E-state index in [1.807, 2.05) is 33.4 Å². The molecule has 2 aliphatic heterocycles. The van der Waals surface area contributed by atoms with Gasteiger partial charge in [-0.25, -0.2) is 14.6 Å². The van der Waals surface area contributed by atoms with Crippen LogP contribution in [0.1, 0.15) is 44.6 Å². The van der Waals surface area contributed by atoms with Crippen molar-refractivity contribution in [3.05, 3.63) is 64.2 Å². The molecule has 0 atom stereocenters. The molecule has 3 aromatic heterocycles. The number of hydrogen-bond acceptors (Lipinski definition) is 9. The first-order valence-corrected chi connectivity index (χ1v) is 13.0. The van der Waals surface area contributed by atoms with E-state index in [-0.39, 0.29) is 17.7 Å². The monoisotopic (exact) mass is 503 g/mol. The number of likely N-dealkylation sites (tertiary alicyclic amines) is 1. The van der Waals surface area contributed by atoms with E-state index in [0.29, 0.717) is 48.5 Å². The van der Waals surface area contributed by atoms with Crippen LogP contribution in [-0.4, -0.2) is 81.2 Å². The van der Waals surface area contributed by atoms with Gasteiger partial charge in [-0.2, -0.15) is 0 Å². The predicted molar refractivity (Wildman–Crippen MR) is 134 cm³/mol. The van der Waals surface area contributed by atoms with E-state index < -0.39 is 0 Å². The third-order valence-corrected chi connectivity index (χ3v) is 7.92. The second-order valence-electron chi connectivity index (χ2n) is 9.07. The minimum absolute atomic E-state index is 0.0106. The maximum atomic E-state index is 13.1. The van der Waals surface area contributed by atoms with Gasteiger partial charge >= 0.3 is 0 Å². The summed E-state index contributed by atoms with van der Waals surface area (Å²) in [5, 5.41) is 10.5. The van der Waals surface area contributed by atoms with Gasteiger partial charge in [0.2, 0.25) is 0 Å². The lowest BCUT2D eigenvalue weighted by molar-refractivity contribution is 0.0713. The zero-order valence-corrected chi connectivity index (χ0v) is 20.4. The summed E-state index contributed by atoms with van der Waals surface area (Å²) in [6.07, 6.45) is 3.44. The van der Waals surface area contributed by atoms with Crippen LogP contribution in [0.3, 0.4) is 0 Å². The lowest BCUT2D eigenvalue weighted by Gasteiger charge is -2.35. The summed E-state index contributed by atoms with van der Waals surface area (Å²) >= 11 is 1.55. The van der Waals surface area contributed by atoms with Gasteiger partial charge in [-0.1, -0.05) is 6.07 Å². The fourth-order valence-electron chi connectivity index (χ4n) is 4.84. The molecule has 0 N–H and O–H groups in total. The summed E-state index contributed by atoms with van der Waals surface area (Å²) in [6.45, 7) is 4.12. The van der Waals surface area contributed by atoms with Gasteiger partial charge in [0.1, 0.15) is 22.5 Å². The average molecular weight is 504 g/mol. The maximum Gasteiger partial charge on any atom is 0.273 e. The first-order valence-electron chi connectivity index (χ1n) is 12.1. The molecule has 0 spiro atoms. The molecule has 10 nitrogen and oxygen atoms in total. The molecule has 4 aromatic rings. The number of nitrogens with zero attached hydrogens (tertiary/aromatic N) is 7. The van der Waals surface area contributed by atoms with E-state index in [4.69, 9.17) is 9.61 Å². The molecule has 0 aliphatic carbocycles. The molecule has 0 radical (unpaired) electrons. The third-order valence-electron chi connectivity index (χ3n) is 6.91. The third kappa shape index (κ3) is 4.41. The lowest BCUT2D eigenvalue weighted by Crippen LogP contribution is -2.49. The number of hydrogen-bond donors (Lipinski definition) is 0. The second-order valence-corrected chi connectivity index (χ2v) is 9.96. The van der Waals surface area contributed by atoms with Gasteiger partial charge in [0, 0.05) is 62.3 Å². The van der Waals surface area contributed by atoms with Crippen LogP contribution < -0.4 is 4.90 Å². The molecular weight excluding hydrogens is 478 g/mol. The average Bonchev–Trinajstić information content (AvgIpc) is 3.63. The Bertz CT molecular complexity index is 1370. The summed E-state index contributed by atoms with van der Waals surface area (Å²) in [7, 11) is 0. The number of carbonyl (C=O) groups excluding carboxylic acids is 2. The predicted octanol–water partition coefficient (Wildman–Crippen LogP) is 3.06. The number of piperazine rings is 1. The van der Waals surface area contributed by atoms with Crippen molar-refractivity contribution >= 4 is 40.0 Å². The summed E-state index contributed by atoms with van der Waals surface area (Å²) < 4.78 is 4.73. The van der Waals surface area contributed by atoms with Crippen LogP contribution in [0.5, 0.6) is 0 Å². The summed E-state index contributed by atoms with van der Waals surface area (Å²) in [5.74, 6) is 1.17. The van der Waals surface area contributed by atoms with Gasteiger partial charge in [-0.05, 0) is 53.5 Å². The van der Waals surface area contributed by atoms with E-state index in [2.05, 4.69) is 20.2 Å². The van der Waals surface area contributed by atoms with Crippen LogP contribution in [0, 0.1) is 0 Å². The summed E-state index contributed by atoms with van der Waals surface area (Å²) in [5.41, 5.74) is 2.32. The summed E-state index contributed by atoms with van der Waals surface area (Å²) in [4.78, 5) is 41.1. The van der Waals surface area contributed by atoms with E-state index in [1.54, 1.807) is 35.7 Å². The van der Waals surface area contributed by atoms with Crippen LogP contribution in [0.25, 0.3) is 11.0 Å². The molecule has 11 heteroatoms. The van der Waals surface area contributed by atoms with Gasteiger partial charge in [0.25, 0.3) is 11.8 Å². The highest BCUT2D eigenvalue weighted by atomic mass is 32.1. The Balaban J connectivity index is 1.04. The molecule has 2 aliphatic rings. The first-order chi connectivity index (χ1) is 17.7. The number of pyridine rings is 1. The lowest BCUT2D eigenvalue weighted by atomic mass is 9.97. The Morgan fingerprint density at radius 1 is 0.889 bits per heavy atom. The largest absolute Gasteiger partial charge is 0.353 e. The molecule has 5 heterocycles. The SMILES string of the molecule is O=C(c1ccc2nonc2c1)N1CCC(c2nc(C(=O)N3CCN(c4ccccn4)CC3)cs2)CC1. The highest BCUT2D eigenvalue weighted by Gasteiger charge is 2.29. The molecule has 2 fully saturated rings. The van der Waals surface area contributed by atoms with E-state index in [0.717, 1.165) is 36.8 Å². The van der Waals surface area contributed by atoms with Crippen molar-refractivity contribution < 1.29 is 14.2 Å². The minimum Gasteiger partial charge on any atom is -0.353 e. The van der Waals surface area contributed by atoms with Crippen LogP contribution in [0.2, 0.25) is 0 Å². The van der Waals surface area contributed by atoms with Crippen molar-refractivity contribution in [3.63, 3.8) is 0 Å². The van der Waals surface area contributed by atoms with Crippen molar-refractivity contribution in [2.24, 2.45) is 0 Å². The van der Waals surface area contributed by atoms with Gasteiger partial charge in [0.15, 0.2) is 0 Å². The van der Waals surface area contributed by atoms with E-state index in [9.17, 15) is 9.59 Å². The van der Waals surface area contributed by atoms with Crippen molar-refractivity contribution in [2.45, 2.75) is 18.8 Å². The highest BCUT2D eigenvalue weighted by Crippen LogP contribution is 2.31. The van der Waals surface area contributed by atoms with Crippen molar-refractivity contribution in [1.29, 1.82) is 0 Å². The molecule has 0 unspecified atom stereocenters. The molecule has 1 aromatic carbocycles. The number of thiazole rings is 1. The van der Waals surface area contributed by atoms with Gasteiger partial charge in [0.05, 0.1) is 5.01 Å². The second kappa shape index (κ2) is 9.65. The van der Waals surface area contributed by atoms with Crippen LogP contribution in [0.4, 0.5) is 5.82 Å². The standard InChI is InChI=1S/C25H25N7O3S/c33-24(18-4-5-19-20(15-18)29-35-28-19)31-9-6-17(7-10-31)23-27-21(16-36-23)25(34)32-13-11-30(12-14-32)22-3-1-2-8-26-22/h1-5,8,15-17H,6-7,9-14H2. The number of anilines is 1. The number of piperidine rings is 1. The molecule has 0 bridgehead atoms. The van der Waals surface area contributed by atoms with Crippen LogP contribution in [0.15, 0.2) is 52.6 Å². The number of amides is 2. The molecule has 2 saturated heterocycles. The molecular formula is C25H25N7O3S. The smallest absolute Gasteiger partial charge is 0.273 e. The van der Waals surface area contributed by atoms with Gasteiger partial charge in [-0.15, -0.1) is 11.3 Å². The van der Waals surface area contributed by atoms with Crippen molar-refractivity contribution in [2.75, 3.05) is 44.2 Å². The number of aromatic nitrogens is 4. The summed E-state index contributed by atoms with van der Waals surface area (Å²) in [6, 6.07) is 11.1. The molecule has 2 amide bonds. The zero-order chi connectivity index (χ0) is 24.5. The number of carbonyl (C=O) groups is 2. The Hall–Kier alpha value is -3.86. The van der Waals surface area contributed by atoms with Crippen molar-refractivity contribution in [1.82, 2.24) is 30.1 Å². The fraction of sp³-hybridized carbons (Fsp3) is 0.360. The minimum atomic E-state index is -0.0156. The van der Waals surface area contributed by atoms with Gasteiger partial charge in [-0.3, -0.25) is 9.59 Å². The van der Waals surface area contributed by atoms with Crippen molar-refractivity contribution in [3.8, 4) is 0 Å². The highest BCUT2D eigenvalue weighted by molar-refractivity contribution is 7.09. The number of fused-ring (bicyclic) bond motifs is 1. The molecule has 0 saturated carbocycles. The van der Waals surface area contributed by atoms with Crippen LogP contribution >= 0.6 is 11.3 Å². The topological polar surface area (TPSA) is 109 Å². The molecule has 36 heavy (non-hydrogen) atoms. The number of benzene rings is 1. The number of rotatable bonds is 4. The molecule has 6 rings (SSSR count). The normalized spacial score (nSPS) is 17.1. The first kappa shape index (κ1) is 22.6. The Morgan fingerprint density at radius 2 is 1.67 bits per heavy atom. The van der Waals surface area contributed by atoms with Crippen LogP contribution in [-0.2, 0) is 0 Å². The van der Waals surface area contributed by atoms with E-state index >= 15 is 0 Å². The van der Waals surface area contributed by atoms with E-state index in [1.165, 1.54) is 0 Å². The Kier molecular flexibility index (Phi) is 6.06.